The fourth-order valence-electron chi connectivity index (χ4n) is 4.39. The molecule has 10 heteroatoms. The molecule has 0 radical (unpaired) electrons. The molecule has 0 bridgehead atoms. The molecule has 2 atom stereocenters. The molecule has 1 aliphatic heterocycles. The van der Waals surface area contributed by atoms with Gasteiger partial charge in [-0.15, -0.1) is 11.3 Å². The third-order valence-electron chi connectivity index (χ3n) is 6.66. The Kier molecular flexibility index (Phi) is 8.79. The molecule has 7 nitrogen and oxygen atoms in total. The van der Waals surface area contributed by atoms with Gasteiger partial charge in [-0.05, 0) is 73.2 Å². The van der Waals surface area contributed by atoms with Gasteiger partial charge in [0.05, 0.1) is 24.6 Å². The minimum Gasteiger partial charge on any atom is -0.497 e. The first-order valence-corrected chi connectivity index (χ1v) is 14.8. The highest BCUT2D eigenvalue weighted by Crippen LogP contribution is 2.35. The molecule has 37 heavy (non-hydrogen) atoms. The zero-order chi connectivity index (χ0) is 26.6. The number of methoxy groups -OCH3 is 1. The number of hydrogen-bond donors (Lipinski definition) is 0. The first-order chi connectivity index (χ1) is 17.7. The van der Waals surface area contributed by atoms with Gasteiger partial charge in [0.2, 0.25) is 15.9 Å². The van der Waals surface area contributed by atoms with Gasteiger partial charge in [0.25, 0.3) is 0 Å². The molecule has 0 spiro atoms. The number of sulfonamides is 1. The summed E-state index contributed by atoms with van der Waals surface area (Å²) in [5.74, 6) is 1.07. The molecule has 198 valence electrons. The van der Waals surface area contributed by atoms with Crippen molar-refractivity contribution in [3.05, 3.63) is 75.4 Å². The Morgan fingerprint density at radius 2 is 1.92 bits per heavy atom. The van der Waals surface area contributed by atoms with E-state index in [4.69, 9.17) is 21.1 Å². The van der Waals surface area contributed by atoms with E-state index in [0.29, 0.717) is 29.5 Å². The predicted octanol–water partition coefficient (Wildman–Crippen LogP) is 5.40. The summed E-state index contributed by atoms with van der Waals surface area (Å²) in [5.41, 5.74) is 1.04. The lowest BCUT2D eigenvalue weighted by Crippen LogP contribution is -2.49. The van der Waals surface area contributed by atoms with Crippen molar-refractivity contribution in [2.45, 2.75) is 43.7 Å². The highest BCUT2D eigenvalue weighted by Gasteiger charge is 2.36. The SMILES string of the molecule is CC[C@@H](C)N(CC(=O)N1CCc2sccc2[C@H]1COc1cccc(OC)c1)S(=O)(=O)c1ccc(Cl)cc1. The summed E-state index contributed by atoms with van der Waals surface area (Å²) in [5, 5.41) is 2.47. The number of carbonyl (C=O) groups excluding carboxylic acids is 1. The molecule has 0 saturated carbocycles. The van der Waals surface area contributed by atoms with Gasteiger partial charge >= 0.3 is 0 Å². The first-order valence-electron chi connectivity index (χ1n) is 12.1. The molecule has 0 saturated heterocycles. The van der Waals surface area contributed by atoms with Crippen LogP contribution in [0.1, 0.15) is 36.8 Å². The molecule has 1 aliphatic rings. The fraction of sp³-hybridized carbons (Fsp3) is 0.370. The Hall–Kier alpha value is -2.59. The fourth-order valence-corrected chi connectivity index (χ4v) is 7.10. The first kappa shape index (κ1) is 27.4. The second-order valence-corrected chi connectivity index (χ2v) is 12.2. The topological polar surface area (TPSA) is 76.2 Å². The van der Waals surface area contributed by atoms with E-state index in [9.17, 15) is 13.2 Å². The zero-order valence-electron chi connectivity index (χ0n) is 21.1. The molecule has 1 amide bonds. The van der Waals surface area contributed by atoms with E-state index in [-0.39, 0.29) is 36.0 Å². The highest BCUT2D eigenvalue weighted by molar-refractivity contribution is 7.89. The Bertz CT molecular complexity index is 1330. The van der Waals surface area contributed by atoms with Crippen LogP contribution in [-0.4, -0.2) is 56.4 Å². The Labute approximate surface area is 227 Å². The van der Waals surface area contributed by atoms with Crippen molar-refractivity contribution in [3.8, 4) is 11.5 Å². The third-order valence-corrected chi connectivity index (χ3v) is 9.88. The van der Waals surface area contributed by atoms with Crippen molar-refractivity contribution < 1.29 is 22.7 Å². The van der Waals surface area contributed by atoms with Crippen LogP contribution in [0.2, 0.25) is 5.02 Å². The summed E-state index contributed by atoms with van der Waals surface area (Å²) in [6.07, 6.45) is 1.29. The number of thiophene rings is 1. The van der Waals surface area contributed by atoms with Crippen LogP contribution in [0.3, 0.4) is 0 Å². The molecular weight excluding hydrogens is 532 g/mol. The van der Waals surface area contributed by atoms with Crippen LogP contribution in [0.4, 0.5) is 0 Å². The minimum atomic E-state index is -3.91. The van der Waals surface area contributed by atoms with Crippen LogP contribution in [-0.2, 0) is 21.2 Å². The lowest BCUT2D eigenvalue weighted by molar-refractivity contribution is -0.135. The molecule has 0 aliphatic carbocycles. The molecule has 0 fully saturated rings. The van der Waals surface area contributed by atoms with Crippen LogP contribution in [0.5, 0.6) is 11.5 Å². The monoisotopic (exact) mass is 562 g/mol. The summed E-state index contributed by atoms with van der Waals surface area (Å²) >= 11 is 7.63. The maximum atomic E-state index is 13.7. The van der Waals surface area contributed by atoms with Crippen molar-refractivity contribution in [1.82, 2.24) is 9.21 Å². The van der Waals surface area contributed by atoms with Gasteiger partial charge in [0.1, 0.15) is 18.1 Å². The molecule has 2 heterocycles. The standard InChI is InChI=1S/C27H31ClN2O5S2/c1-4-19(2)30(37(32,33)23-10-8-20(28)9-11-23)17-27(31)29-14-12-26-24(13-15-36-26)25(29)18-35-22-7-5-6-21(16-22)34-3/h5-11,13,15-16,19,25H,4,12,14,17-18H2,1-3H3/t19-,25-/m1/s1. The number of fused-ring (bicyclic) bond motifs is 1. The third kappa shape index (κ3) is 6.12. The van der Waals surface area contributed by atoms with Crippen molar-refractivity contribution in [3.63, 3.8) is 0 Å². The summed E-state index contributed by atoms with van der Waals surface area (Å²) in [6, 6.07) is 14.7. The maximum absolute atomic E-state index is 13.7. The van der Waals surface area contributed by atoms with Crippen LogP contribution in [0, 0.1) is 0 Å². The highest BCUT2D eigenvalue weighted by atomic mass is 35.5. The lowest BCUT2D eigenvalue weighted by atomic mass is 10.0. The smallest absolute Gasteiger partial charge is 0.243 e. The zero-order valence-corrected chi connectivity index (χ0v) is 23.5. The van der Waals surface area contributed by atoms with Crippen molar-refractivity contribution in [2.24, 2.45) is 0 Å². The van der Waals surface area contributed by atoms with E-state index in [1.807, 2.05) is 43.5 Å². The lowest BCUT2D eigenvalue weighted by Gasteiger charge is -2.37. The minimum absolute atomic E-state index is 0.113. The van der Waals surface area contributed by atoms with E-state index >= 15 is 0 Å². The number of nitrogens with zero attached hydrogens (tertiary/aromatic N) is 2. The van der Waals surface area contributed by atoms with Gasteiger partial charge in [-0.2, -0.15) is 4.31 Å². The maximum Gasteiger partial charge on any atom is 0.243 e. The van der Waals surface area contributed by atoms with Crippen LogP contribution >= 0.6 is 22.9 Å². The molecule has 4 rings (SSSR count). The Morgan fingerprint density at radius 1 is 1.19 bits per heavy atom. The van der Waals surface area contributed by atoms with Gasteiger partial charge < -0.3 is 14.4 Å². The van der Waals surface area contributed by atoms with Gasteiger partial charge in [-0.1, -0.05) is 24.6 Å². The van der Waals surface area contributed by atoms with E-state index < -0.39 is 10.0 Å². The van der Waals surface area contributed by atoms with E-state index in [0.717, 1.165) is 12.0 Å². The quantitative estimate of drug-likeness (QED) is 0.330. The van der Waals surface area contributed by atoms with Crippen molar-refractivity contribution in [1.29, 1.82) is 0 Å². The van der Waals surface area contributed by atoms with Gasteiger partial charge in [0, 0.05) is 28.6 Å². The van der Waals surface area contributed by atoms with Crippen LogP contribution in [0.15, 0.2) is 64.9 Å². The Morgan fingerprint density at radius 3 is 2.62 bits per heavy atom. The second-order valence-electron chi connectivity index (χ2n) is 8.90. The number of halogens is 1. The number of benzene rings is 2. The summed E-state index contributed by atoms with van der Waals surface area (Å²) < 4.78 is 39.8. The van der Waals surface area contributed by atoms with Gasteiger partial charge in [-0.3, -0.25) is 4.79 Å². The predicted molar refractivity (Wildman–Crippen MR) is 146 cm³/mol. The van der Waals surface area contributed by atoms with Crippen LogP contribution < -0.4 is 9.47 Å². The van der Waals surface area contributed by atoms with E-state index in [1.54, 1.807) is 41.5 Å². The normalized spacial score (nSPS) is 16.4. The Balaban J connectivity index is 1.58. The van der Waals surface area contributed by atoms with Gasteiger partial charge in [-0.25, -0.2) is 8.42 Å². The molecule has 2 aromatic carbocycles. The van der Waals surface area contributed by atoms with Crippen molar-refractivity contribution >= 4 is 38.9 Å². The molecule has 0 N–H and O–H groups in total. The summed E-state index contributed by atoms with van der Waals surface area (Å²) in [4.78, 5) is 16.8. The number of hydrogen-bond acceptors (Lipinski definition) is 6. The average molecular weight is 563 g/mol. The van der Waals surface area contributed by atoms with Gasteiger partial charge in [0.15, 0.2) is 0 Å². The number of carbonyl (C=O) groups is 1. The largest absolute Gasteiger partial charge is 0.497 e. The second kappa shape index (κ2) is 11.9. The number of rotatable bonds is 10. The van der Waals surface area contributed by atoms with Crippen LogP contribution in [0.25, 0.3) is 0 Å². The number of ether oxygens (including phenoxy) is 2. The summed E-state index contributed by atoms with van der Waals surface area (Å²) in [7, 11) is -2.31. The van der Waals surface area contributed by atoms with E-state index in [1.165, 1.54) is 21.3 Å². The molecule has 0 unspecified atom stereocenters. The molecule has 1 aromatic heterocycles. The number of amides is 1. The van der Waals surface area contributed by atoms with Crippen molar-refractivity contribution in [2.75, 3.05) is 26.8 Å². The average Bonchev–Trinajstić information content (AvgIpc) is 3.39. The van der Waals surface area contributed by atoms with E-state index in [2.05, 4.69) is 0 Å². The summed E-state index contributed by atoms with van der Waals surface area (Å²) in [6.45, 7) is 4.21. The molecular formula is C27H31ClN2O5S2. The molecule has 3 aromatic rings.